The molecule has 4 nitrogen and oxygen atoms in total. The van der Waals surface area contributed by atoms with E-state index in [1.807, 2.05) is 47.0 Å². The maximum absolute atomic E-state index is 12.8. The molecule has 1 aliphatic heterocycles. The highest BCUT2D eigenvalue weighted by atomic mass is 32.2. The van der Waals surface area contributed by atoms with Gasteiger partial charge in [0, 0.05) is 29.7 Å². The second-order valence-corrected chi connectivity index (χ2v) is 7.78. The molecule has 0 unspecified atom stereocenters. The summed E-state index contributed by atoms with van der Waals surface area (Å²) in [4.78, 5) is 19.0. The molecule has 1 aromatic carbocycles. The molecule has 0 saturated heterocycles. The lowest BCUT2D eigenvalue weighted by atomic mass is 10.2. The molecule has 24 heavy (non-hydrogen) atoms. The maximum atomic E-state index is 12.8. The summed E-state index contributed by atoms with van der Waals surface area (Å²) in [7, 11) is 0. The topological polar surface area (TPSA) is 45.2 Å². The van der Waals surface area contributed by atoms with Gasteiger partial charge in [-0.2, -0.15) is 11.8 Å². The first-order valence-electron chi connectivity index (χ1n) is 8.36. The third-order valence-electron chi connectivity index (χ3n) is 4.98. The molecule has 4 rings (SSSR count). The predicted octanol–water partition coefficient (Wildman–Crippen LogP) is 3.59. The van der Waals surface area contributed by atoms with Crippen molar-refractivity contribution < 1.29 is 4.79 Å². The molecule has 5 heteroatoms. The predicted molar refractivity (Wildman–Crippen MR) is 100 cm³/mol. The second-order valence-electron chi connectivity index (χ2n) is 6.51. The van der Waals surface area contributed by atoms with Gasteiger partial charge in [0.25, 0.3) is 5.91 Å². The largest absolute Gasteiger partial charge is 0.369 e. The lowest BCUT2D eigenvalue weighted by Gasteiger charge is -2.17. The fourth-order valence-corrected chi connectivity index (χ4v) is 3.90. The van der Waals surface area contributed by atoms with Gasteiger partial charge in [0.05, 0.1) is 5.56 Å². The number of anilines is 2. The zero-order chi connectivity index (χ0) is 16.6. The van der Waals surface area contributed by atoms with E-state index in [0.29, 0.717) is 10.3 Å². The lowest BCUT2D eigenvalue weighted by molar-refractivity contribution is 0.0989. The Bertz CT molecular complexity index is 755. The highest BCUT2D eigenvalue weighted by molar-refractivity contribution is 8.00. The van der Waals surface area contributed by atoms with Crippen LogP contribution in [0.2, 0.25) is 0 Å². The van der Waals surface area contributed by atoms with Crippen LogP contribution in [0.5, 0.6) is 0 Å². The minimum absolute atomic E-state index is 0.0294. The smallest absolute Gasteiger partial charge is 0.259 e. The Balaban J connectivity index is 1.44. The Morgan fingerprint density at radius 1 is 1.29 bits per heavy atom. The number of hydrogen-bond donors (Lipinski definition) is 1. The number of benzene rings is 1. The number of carbonyl (C=O) groups is 1. The molecule has 1 amide bonds. The summed E-state index contributed by atoms with van der Waals surface area (Å²) in [6, 6.07) is 11.9. The van der Waals surface area contributed by atoms with Crippen molar-refractivity contribution in [2.24, 2.45) is 0 Å². The van der Waals surface area contributed by atoms with Gasteiger partial charge in [-0.1, -0.05) is 18.2 Å². The molecule has 0 radical (unpaired) electrons. The highest BCUT2D eigenvalue weighted by Gasteiger charge is 2.41. The number of rotatable bonds is 5. The Morgan fingerprint density at radius 3 is 2.83 bits per heavy atom. The van der Waals surface area contributed by atoms with E-state index in [1.165, 1.54) is 18.4 Å². The van der Waals surface area contributed by atoms with Gasteiger partial charge < -0.3 is 10.2 Å². The standard InChI is InChI=1S/C19H21N3OS/c1-24-19(9-10-19)13-21-17-7-6-15(12-20-17)18(23)22-11-8-14-4-2-3-5-16(14)22/h2-7,12H,8-11,13H2,1H3,(H,20,21). The quantitative estimate of drug-likeness (QED) is 0.904. The number of nitrogens with zero attached hydrogens (tertiary/aromatic N) is 2. The van der Waals surface area contributed by atoms with Crippen LogP contribution in [-0.4, -0.2) is 35.0 Å². The van der Waals surface area contributed by atoms with Gasteiger partial charge in [0.1, 0.15) is 5.82 Å². The fourth-order valence-electron chi connectivity index (χ4n) is 3.17. The summed E-state index contributed by atoms with van der Waals surface area (Å²) >= 11 is 1.92. The van der Waals surface area contributed by atoms with E-state index < -0.39 is 0 Å². The van der Waals surface area contributed by atoms with Crippen LogP contribution >= 0.6 is 11.8 Å². The first-order chi connectivity index (χ1) is 11.7. The van der Waals surface area contributed by atoms with Gasteiger partial charge in [-0.15, -0.1) is 0 Å². The average molecular weight is 339 g/mol. The first kappa shape index (κ1) is 15.5. The van der Waals surface area contributed by atoms with Crippen LogP contribution in [0.1, 0.15) is 28.8 Å². The number of amides is 1. The van der Waals surface area contributed by atoms with E-state index in [2.05, 4.69) is 22.6 Å². The highest BCUT2D eigenvalue weighted by Crippen LogP contribution is 2.46. The van der Waals surface area contributed by atoms with Gasteiger partial charge in [0.15, 0.2) is 0 Å². The van der Waals surface area contributed by atoms with Crippen molar-refractivity contribution in [3.05, 3.63) is 53.7 Å². The van der Waals surface area contributed by atoms with Crippen LogP contribution < -0.4 is 10.2 Å². The van der Waals surface area contributed by atoms with Crippen LogP contribution in [-0.2, 0) is 6.42 Å². The number of thioether (sulfide) groups is 1. The summed E-state index contributed by atoms with van der Waals surface area (Å²) in [5, 5.41) is 3.39. The van der Waals surface area contributed by atoms with Gasteiger partial charge in [0.2, 0.25) is 0 Å². The molecule has 2 heterocycles. The van der Waals surface area contributed by atoms with E-state index in [4.69, 9.17) is 0 Å². The number of para-hydroxylation sites is 1. The first-order valence-corrected chi connectivity index (χ1v) is 9.58. The van der Waals surface area contributed by atoms with Crippen LogP contribution in [0, 0.1) is 0 Å². The second kappa shape index (κ2) is 6.13. The SMILES string of the molecule is CSC1(CNc2ccc(C(=O)N3CCc4ccccc43)cn2)CC1. The van der Waals surface area contributed by atoms with Gasteiger partial charge in [-0.25, -0.2) is 4.98 Å². The molecule has 1 aliphatic carbocycles. The summed E-state index contributed by atoms with van der Waals surface area (Å²) in [6.45, 7) is 1.68. The number of pyridine rings is 1. The summed E-state index contributed by atoms with van der Waals surface area (Å²) in [5.74, 6) is 0.871. The zero-order valence-corrected chi connectivity index (χ0v) is 14.6. The van der Waals surface area contributed by atoms with Crippen molar-refractivity contribution in [1.29, 1.82) is 0 Å². The van der Waals surface area contributed by atoms with Crippen LogP contribution in [0.25, 0.3) is 0 Å². The van der Waals surface area contributed by atoms with Crippen molar-refractivity contribution in [2.75, 3.05) is 29.6 Å². The Hall–Kier alpha value is -2.01. The fraction of sp³-hybridized carbons (Fsp3) is 0.368. The van der Waals surface area contributed by atoms with E-state index in [9.17, 15) is 4.79 Å². The zero-order valence-electron chi connectivity index (χ0n) is 13.8. The molecule has 2 aliphatic rings. The number of carbonyl (C=O) groups excluding carboxylic acids is 1. The van der Waals surface area contributed by atoms with Crippen molar-refractivity contribution in [2.45, 2.75) is 24.0 Å². The van der Waals surface area contributed by atoms with Crippen molar-refractivity contribution in [1.82, 2.24) is 4.98 Å². The van der Waals surface area contributed by atoms with Crippen LogP contribution in [0.15, 0.2) is 42.6 Å². The molecule has 1 N–H and O–H groups in total. The minimum Gasteiger partial charge on any atom is -0.369 e. The molecular weight excluding hydrogens is 318 g/mol. The summed E-state index contributed by atoms with van der Waals surface area (Å²) < 4.78 is 0.398. The summed E-state index contributed by atoms with van der Waals surface area (Å²) in [6.07, 6.45) is 7.31. The molecule has 0 atom stereocenters. The van der Waals surface area contributed by atoms with E-state index in [1.54, 1.807) is 6.20 Å². The number of aromatic nitrogens is 1. The Morgan fingerprint density at radius 2 is 2.12 bits per heavy atom. The van der Waals surface area contributed by atoms with Gasteiger partial charge in [-0.05, 0) is 49.3 Å². The molecule has 0 spiro atoms. The molecule has 1 fully saturated rings. The number of nitrogens with one attached hydrogen (secondary N) is 1. The van der Waals surface area contributed by atoms with E-state index in [0.717, 1.165) is 31.0 Å². The Kier molecular flexibility index (Phi) is 3.96. The molecule has 124 valence electrons. The van der Waals surface area contributed by atoms with Gasteiger partial charge >= 0.3 is 0 Å². The van der Waals surface area contributed by atoms with E-state index in [-0.39, 0.29) is 5.91 Å². The monoisotopic (exact) mass is 339 g/mol. The van der Waals surface area contributed by atoms with Crippen LogP contribution in [0.4, 0.5) is 11.5 Å². The summed E-state index contributed by atoms with van der Waals surface area (Å²) in [5.41, 5.74) is 2.91. The van der Waals surface area contributed by atoms with Crippen molar-refractivity contribution in [3.63, 3.8) is 0 Å². The maximum Gasteiger partial charge on any atom is 0.259 e. The normalized spacial score (nSPS) is 17.5. The van der Waals surface area contributed by atoms with E-state index >= 15 is 0 Å². The Labute approximate surface area is 146 Å². The number of fused-ring (bicyclic) bond motifs is 1. The van der Waals surface area contributed by atoms with Crippen molar-refractivity contribution >= 4 is 29.2 Å². The van der Waals surface area contributed by atoms with Crippen LogP contribution in [0.3, 0.4) is 0 Å². The molecule has 1 aromatic heterocycles. The number of hydrogen-bond acceptors (Lipinski definition) is 4. The lowest BCUT2D eigenvalue weighted by Crippen LogP contribution is -2.29. The third-order valence-corrected chi connectivity index (χ3v) is 6.39. The molecule has 1 saturated carbocycles. The minimum atomic E-state index is 0.0294. The molecule has 0 bridgehead atoms. The molecular formula is C19H21N3OS. The molecule has 2 aromatic rings. The van der Waals surface area contributed by atoms with Gasteiger partial charge in [-0.3, -0.25) is 4.79 Å². The van der Waals surface area contributed by atoms with Crippen molar-refractivity contribution in [3.8, 4) is 0 Å². The third kappa shape index (κ3) is 2.88. The average Bonchev–Trinajstić information content (AvgIpc) is 3.30.